The van der Waals surface area contributed by atoms with Crippen LogP contribution in [0.5, 0.6) is 0 Å². The molecule has 7 heteroatoms. The smallest absolute Gasteiger partial charge is 0.258 e. The summed E-state index contributed by atoms with van der Waals surface area (Å²) in [6.45, 7) is 3.94. The molecule has 2 heterocycles. The number of nitro benzene ring substituents is 1. The summed E-state index contributed by atoms with van der Waals surface area (Å²) in [7, 11) is 0. The minimum atomic E-state index is -0.447. The van der Waals surface area contributed by atoms with Crippen molar-refractivity contribution in [3.8, 4) is 0 Å². The molecule has 0 N–H and O–H groups in total. The van der Waals surface area contributed by atoms with E-state index in [-0.39, 0.29) is 5.69 Å². The van der Waals surface area contributed by atoms with E-state index in [1.54, 1.807) is 16.6 Å². The second kappa shape index (κ2) is 5.36. The average molecular weight is 295 g/mol. The topological polar surface area (TPSA) is 85.2 Å². The SMILES string of the molecule is Cc1cc(C)c2ccc(N=Nc3ccc([N+](=O)[O-])cc3)n2n1. The highest BCUT2D eigenvalue weighted by atomic mass is 16.6. The average Bonchev–Trinajstić information content (AvgIpc) is 2.89. The molecule has 0 spiro atoms. The molecule has 0 aliphatic rings. The summed E-state index contributed by atoms with van der Waals surface area (Å²) in [5.74, 6) is 0.611. The highest BCUT2D eigenvalue weighted by molar-refractivity contribution is 5.59. The number of hydrogen-bond donors (Lipinski definition) is 0. The van der Waals surface area contributed by atoms with Crippen molar-refractivity contribution in [3.05, 3.63) is 63.8 Å². The van der Waals surface area contributed by atoms with Gasteiger partial charge in [0.2, 0.25) is 0 Å². The van der Waals surface area contributed by atoms with Crippen LogP contribution in [0.4, 0.5) is 17.2 Å². The van der Waals surface area contributed by atoms with Gasteiger partial charge in [-0.1, -0.05) is 0 Å². The molecule has 22 heavy (non-hydrogen) atoms. The highest BCUT2D eigenvalue weighted by Crippen LogP contribution is 2.24. The summed E-state index contributed by atoms with van der Waals surface area (Å²) in [5.41, 5.74) is 3.56. The van der Waals surface area contributed by atoms with Gasteiger partial charge in [-0.2, -0.15) is 5.10 Å². The van der Waals surface area contributed by atoms with Crippen LogP contribution >= 0.6 is 0 Å². The number of aryl methyl sites for hydroxylation is 2. The third kappa shape index (κ3) is 2.56. The third-order valence-electron chi connectivity index (χ3n) is 3.25. The van der Waals surface area contributed by atoms with Gasteiger partial charge in [0.05, 0.1) is 21.8 Å². The number of hydrogen-bond acceptors (Lipinski definition) is 5. The standard InChI is InChI=1S/C15H13N5O2/c1-10-9-11(2)18-19-14(10)7-8-15(19)17-16-12-3-5-13(6-4-12)20(21)22/h3-9H,1-2H3. The van der Waals surface area contributed by atoms with Crippen LogP contribution in [-0.2, 0) is 0 Å². The fourth-order valence-corrected chi connectivity index (χ4v) is 2.22. The molecule has 0 saturated heterocycles. The molecule has 0 amide bonds. The van der Waals surface area contributed by atoms with Crippen LogP contribution in [0.3, 0.4) is 0 Å². The number of benzene rings is 1. The van der Waals surface area contributed by atoms with Crippen molar-refractivity contribution in [1.82, 2.24) is 9.61 Å². The number of fused-ring (bicyclic) bond motifs is 1. The van der Waals surface area contributed by atoms with E-state index >= 15 is 0 Å². The first kappa shape index (κ1) is 13.9. The number of nitro groups is 1. The monoisotopic (exact) mass is 295 g/mol. The van der Waals surface area contributed by atoms with Gasteiger partial charge in [-0.05, 0) is 49.7 Å². The van der Waals surface area contributed by atoms with Gasteiger partial charge in [-0.3, -0.25) is 10.1 Å². The normalized spacial score (nSPS) is 11.4. The number of nitrogens with zero attached hydrogens (tertiary/aromatic N) is 5. The molecule has 0 atom stereocenters. The van der Waals surface area contributed by atoms with Crippen LogP contribution in [0.2, 0.25) is 0 Å². The first-order valence-corrected chi connectivity index (χ1v) is 6.67. The van der Waals surface area contributed by atoms with Gasteiger partial charge in [-0.15, -0.1) is 10.2 Å². The Morgan fingerprint density at radius 2 is 1.82 bits per heavy atom. The molecule has 110 valence electrons. The number of non-ortho nitro benzene ring substituents is 1. The van der Waals surface area contributed by atoms with E-state index in [0.29, 0.717) is 11.5 Å². The quantitative estimate of drug-likeness (QED) is 0.410. The lowest BCUT2D eigenvalue weighted by Gasteiger charge is -2.01. The Labute approximate surface area is 126 Å². The predicted octanol–water partition coefficient (Wildman–Crippen LogP) is 4.27. The summed E-state index contributed by atoms with van der Waals surface area (Å²) in [4.78, 5) is 10.2. The molecule has 3 rings (SSSR count). The number of azo groups is 1. The van der Waals surface area contributed by atoms with Gasteiger partial charge in [0.1, 0.15) is 0 Å². The minimum Gasteiger partial charge on any atom is -0.258 e. The molecule has 1 aromatic carbocycles. The lowest BCUT2D eigenvalue weighted by atomic mass is 10.2. The molecule has 2 aromatic heterocycles. The summed E-state index contributed by atoms with van der Waals surface area (Å²) in [6, 6.07) is 11.7. The Bertz CT molecular complexity index is 881. The van der Waals surface area contributed by atoms with E-state index in [9.17, 15) is 10.1 Å². The van der Waals surface area contributed by atoms with Gasteiger partial charge in [0.15, 0.2) is 5.82 Å². The van der Waals surface area contributed by atoms with Gasteiger partial charge in [0.25, 0.3) is 5.69 Å². The van der Waals surface area contributed by atoms with Crippen molar-refractivity contribution >= 4 is 22.7 Å². The zero-order valence-corrected chi connectivity index (χ0v) is 12.1. The fourth-order valence-electron chi connectivity index (χ4n) is 2.22. The van der Waals surface area contributed by atoms with Crippen molar-refractivity contribution in [3.63, 3.8) is 0 Å². The molecule has 0 bridgehead atoms. The van der Waals surface area contributed by atoms with Crippen molar-refractivity contribution in [2.45, 2.75) is 13.8 Å². The maximum Gasteiger partial charge on any atom is 0.269 e. The summed E-state index contributed by atoms with van der Waals surface area (Å²) in [5, 5.41) is 23.3. The Morgan fingerprint density at radius 1 is 1.09 bits per heavy atom. The maximum absolute atomic E-state index is 10.6. The van der Waals surface area contributed by atoms with E-state index in [4.69, 9.17) is 0 Å². The maximum atomic E-state index is 10.6. The largest absolute Gasteiger partial charge is 0.269 e. The van der Waals surface area contributed by atoms with Crippen molar-refractivity contribution in [2.75, 3.05) is 0 Å². The molecule has 7 nitrogen and oxygen atoms in total. The number of aromatic nitrogens is 2. The number of rotatable bonds is 3. The van der Waals surface area contributed by atoms with E-state index in [0.717, 1.165) is 16.8 Å². The summed E-state index contributed by atoms with van der Waals surface area (Å²) < 4.78 is 1.74. The molecule has 0 saturated carbocycles. The van der Waals surface area contributed by atoms with E-state index in [2.05, 4.69) is 15.3 Å². The van der Waals surface area contributed by atoms with Gasteiger partial charge < -0.3 is 0 Å². The van der Waals surface area contributed by atoms with Crippen molar-refractivity contribution in [2.24, 2.45) is 10.2 Å². The van der Waals surface area contributed by atoms with Crippen LogP contribution in [0.25, 0.3) is 5.52 Å². The van der Waals surface area contributed by atoms with Gasteiger partial charge >= 0.3 is 0 Å². The fraction of sp³-hybridized carbons (Fsp3) is 0.133. The minimum absolute atomic E-state index is 0.0278. The van der Waals surface area contributed by atoms with Gasteiger partial charge in [-0.25, -0.2) is 4.52 Å². The Kier molecular flexibility index (Phi) is 3.38. The second-order valence-electron chi connectivity index (χ2n) is 4.93. The molecular formula is C15H13N5O2. The zero-order valence-electron chi connectivity index (χ0n) is 12.1. The molecule has 0 fully saturated rings. The van der Waals surface area contributed by atoms with Crippen molar-refractivity contribution < 1.29 is 4.92 Å². The lowest BCUT2D eigenvalue weighted by molar-refractivity contribution is -0.384. The van der Waals surface area contributed by atoms with Crippen LogP contribution in [-0.4, -0.2) is 14.5 Å². The van der Waals surface area contributed by atoms with Crippen LogP contribution in [0.15, 0.2) is 52.7 Å². The molecule has 0 aliphatic heterocycles. The van der Waals surface area contributed by atoms with E-state index in [1.807, 2.05) is 32.0 Å². The zero-order chi connectivity index (χ0) is 15.7. The molecule has 3 aromatic rings. The molecule has 0 radical (unpaired) electrons. The predicted molar refractivity (Wildman–Crippen MR) is 81.9 cm³/mol. The van der Waals surface area contributed by atoms with Gasteiger partial charge in [0, 0.05) is 12.1 Å². The van der Waals surface area contributed by atoms with Crippen LogP contribution in [0.1, 0.15) is 11.3 Å². The lowest BCUT2D eigenvalue weighted by Crippen LogP contribution is -1.95. The molecule has 0 unspecified atom stereocenters. The summed E-state index contributed by atoms with van der Waals surface area (Å²) >= 11 is 0. The first-order valence-electron chi connectivity index (χ1n) is 6.67. The van der Waals surface area contributed by atoms with Crippen LogP contribution < -0.4 is 0 Å². The van der Waals surface area contributed by atoms with Crippen molar-refractivity contribution in [1.29, 1.82) is 0 Å². The summed E-state index contributed by atoms with van der Waals surface area (Å²) in [6.07, 6.45) is 0. The van der Waals surface area contributed by atoms with E-state index < -0.39 is 4.92 Å². The molecule has 0 aliphatic carbocycles. The Hall–Kier alpha value is -3.09. The third-order valence-corrected chi connectivity index (χ3v) is 3.25. The Balaban J connectivity index is 1.94. The van der Waals surface area contributed by atoms with Crippen LogP contribution in [0, 0.1) is 24.0 Å². The highest BCUT2D eigenvalue weighted by Gasteiger charge is 2.06. The first-order chi connectivity index (χ1) is 10.5. The molecular weight excluding hydrogens is 282 g/mol. The van der Waals surface area contributed by atoms with E-state index in [1.165, 1.54) is 12.1 Å². The Morgan fingerprint density at radius 3 is 2.50 bits per heavy atom. The second-order valence-corrected chi connectivity index (χ2v) is 4.93.